The molecule has 0 bridgehead atoms. The molecular weight excluding hydrogens is 174 g/mol. The van der Waals surface area contributed by atoms with Crippen molar-refractivity contribution in [1.29, 1.82) is 0 Å². The van der Waals surface area contributed by atoms with E-state index < -0.39 is 0 Å². The Bertz CT molecular complexity index is 412. The molecule has 0 amide bonds. The van der Waals surface area contributed by atoms with Crippen molar-refractivity contribution in [2.24, 2.45) is 5.84 Å². The fourth-order valence-electron chi connectivity index (χ4n) is 1.32. The van der Waals surface area contributed by atoms with Crippen molar-refractivity contribution in [2.45, 2.75) is 0 Å². The summed E-state index contributed by atoms with van der Waals surface area (Å²) < 4.78 is 0. The van der Waals surface area contributed by atoms with Crippen molar-refractivity contribution in [2.75, 3.05) is 5.43 Å². The zero-order chi connectivity index (χ0) is 9.80. The first kappa shape index (κ1) is 8.72. The molecule has 0 spiro atoms. The van der Waals surface area contributed by atoms with Crippen LogP contribution >= 0.6 is 0 Å². The number of anilines is 1. The third kappa shape index (κ3) is 1.72. The standard InChI is InChI=1S/C11H11N3/c12-14-11-8-10(6-7-13-11)9-4-2-1-3-5-9/h1-8H,12H2,(H,13,14). The number of nitrogens with zero attached hydrogens (tertiary/aromatic N) is 1. The molecule has 2 rings (SSSR count). The molecule has 0 radical (unpaired) electrons. The SMILES string of the molecule is NNc1cc(-c2ccccc2)ccn1. The highest BCUT2D eigenvalue weighted by Gasteiger charge is 1.97. The topological polar surface area (TPSA) is 50.9 Å². The summed E-state index contributed by atoms with van der Waals surface area (Å²) >= 11 is 0. The maximum atomic E-state index is 5.28. The van der Waals surface area contributed by atoms with Crippen LogP contribution in [0.15, 0.2) is 48.7 Å². The second kappa shape index (κ2) is 3.89. The van der Waals surface area contributed by atoms with E-state index in [2.05, 4.69) is 22.5 Å². The molecule has 3 nitrogen and oxygen atoms in total. The molecule has 3 N–H and O–H groups in total. The van der Waals surface area contributed by atoms with Gasteiger partial charge in [0.15, 0.2) is 0 Å². The van der Waals surface area contributed by atoms with Crippen LogP contribution in [-0.4, -0.2) is 4.98 Å². The summed E-state index contributed by atoms with van der Waals surface area (Å²) in [6.07, 6.45) is 1.73. The Morgan fingerprint density at radius 3 is 2.50 bits per heavy atom. The average molecular weight is 185 g/mol. The highest BCUT2D eigenvalue weighted by atomic mass is 15.2. The minimum atomic E-state index is 0.673. The second-order valence-electron chi connectivity index (χ2n) is 2.94. The van der Waals surface area contributed by atoms with E-state index in [-0.39, 0.29) is 0 Å². The minimum absolute atomic E-state index is 0.673. The molecule has 0 fully saturated rings. The number of pyridine rings is 1. The number of hydrazine groups is 1. The van der Waals surface area contributed by atoms with Crippen molar-refractivity contribution in [3.63, 3.8) is 0 Å². The van der Waals surface area contributed by atoms with Gasteiger partial charge in [-0.25, -0.2) is 10.8 Å². The number of hydrogen-bond acceptors (Lipinski definition) is 3. The van der Waals surface area contributed by atoms with Gasteiger partial charge >= 0.3 is 0 Å². The first-order valence-corrected chi connectivity index (χ1v) is 4.38. The van der Waals surface area contributed by atoms with Gasteiger partial charge in [-0.05, 0) is 23.3 Å². The Hall–Kier alpha value is -1.87. The molecule has 1 aromatic heterocycles. The van der Waals surface area contributed by atoms with Gasteiger partial charge in [0.2, 0.25) is 0 Å². The molecule has 1 aromatic carbocycles. The molecule has 2 aromatic rings. The molecule has 14 heavy (non-hydrogen) atoms. The smallest absolute Gasteiger partial charge is 0.140 e. The Morgan fingerprint density at radius 2 is 1.79 bits per heavy atom. The fourth-order valence-corrected chi connectivity index (χ4v) is 1.32. The van der Waals surface area contributed by atoms with Crippen LogP contribution < -0.4 is 11.3 Å². The van der Waals surface area contributed by atoms with Crippen LogP contribution in [0.3, 0.4) is 0 Å². The van der Waals surface area contributed by atoms with Crippen LogP contribution in [0.1, 0.15) is 0 Å². The highest BCUT2D eigenvalue weighted by molar-refractivity contribution is 5.65. The largest absolute Gasteiger partial charge is 0.308 e. The van der Waals surface area contributed by atoms with Crippen LogP contribution in [0.4, 0.5) is 5.82 Å². The van der Waals surface area contributed by atoms with Gasteiger partial charge in [-0.3, -0.25) is 0 Å². The van der Waals surface area contributed by atoms with Crippen molar-refractivity contribution in [3.8, 4) is 11.1 Å². The van der Waals surface area contributed by atoms with E-state index in [9.17, 15) is 0 Å². The molecule has 0 aliphatic rings. The lowest BCUT2D eigenvalue weighted by atomic mass is 10.1. The van der Waals surface area contributed by atoms with Crippen molar-refractivity contribution < 1.29 is 0 Å². The van der Waals surface area contributed by atoms with Crippen LogP contribution in [-0.2, 0) is 0 Å². The predicted octanol–water partition coefficient (Wildman–Crippen LogP) is 2.03. The zero-order valence-electron chi connectivity index (χ0n) is 7.64. The van der Waals surface area contributed by atoms with Crippen LogP contribution in [0.2, 0.25) is 0 Å². The van der Waals surface area contributed by atoms with Crippen molar-refractivity contribution in [3.05, 3.63) is 48.7 Å². The number of nitrogens with one attached hydrogen (secondary N) is 1. The number of nitrogen functional groups attached to an aromatic ring is 1. The molecular formula is C11H11N3. The van der Waals surface area contributed by atoms with E-state index in [1.165, 1.54) is 0 Å². The van der Waals surface area contributed by atoms with Gasteiger partial charge in [0.05, 0.1) is 0 Å². The summed E-state index contributed by atoms with van der Waals surface area (Å²) in [5.74, 6) is 5.96. The van der Waals surface area contributed by atoms with E-state index in [1.807, 2.05) is 30.3 Å². The van der Waals surface area contributed by atoms with Gasteiger partial charge < -0.3 is 5.43 Å². The van der Waals surface area contributed by atoms with Crippen LogP contribution in [0.25, 0.3) is 11.1 Å². The summed E-state index contributed by atoms with van der Waals surface area (Å²) in [6.45, 7) is 0. The lowest BCUT2D eigenvalue weighted by Gasteiger charge is -2.03. The van der Waals surface area contributed by atoms with Crippen molar-refractivity contribution in [1.82, 2.24) is 4.98 Å². The van der Waals surface area contributed by atoms with Gasteiger partial charge in [0, 0.05) is 6.20 Å². The van der Waals surface area contributed by atoms with Gasteiger partial charge in [-0.1, -0.05) is 30.3 Å². The molecule has 0 unspecified atom stereocenters. The van der Waals surface area contributed by atoms with Crippen molar-refractivity contribution >= 4 is 5.82 Å². The average Bonchev–Trinajstić information content (AvgIpc) is 2.30. The summed E-state index contributed by atoms with van der Waals surface area (Å²) in [4.78, 5) is 4.05. The van der Waals surface area contributed by atoms with E-state index in [0.29, 0.717) is 5.82 Å². The number of hydrogen-bond donors (Lipinski definition) is 2. The van der Waals surface area contributed by atoms with Crippen LogP contribution in [0, 0.1) is 0 Å². The molecule has 70 valence electrons. The number of aromatic nitrogens is 1. The molecule has 0 aliphatic heterocycles. The monoisotopic (exact) mass is 185 g/mol. The summed E-state index contributed by atoms with van der Waals surface area (Å²) in [6, 6.07) is 14.0. The highest BCUT2D eigenvalue weighted by Crippen LogP contribution is 2.19. The van der Waals surface area contributed by atoms with Gasteiger partial charge in [-0.2, -0.15) is 0 Å². The quantitative estimate of drug-likeness (QED) is 0.556. The predicted molar refractivity (Wildman–Crippen MR) is 57.5 cm³/mol. The molecule has 1 heterocycles. The summed E-state index contributed by atoms with van der Waals surface area (Å²) in [5.41, 5.74) is 4.79. The summed E-state index contributed by atoms with van der Waals surface area (Å²) in [5, 5.41) is 0. The lowest BCUT2D eigenvalue weighted by Crippen LogP contribution is -2.08. The Balaban J connectivity index is 2.42. The fraction of sp³-hybridized carbons (Fsp3) is 0. The van der Waals surface area contributed by atoms with E-state index >= 15 is 0 Å². The third-order valence-electron chi connectivity index (χ3n) is 2.01. The third-order valence-corrected chi connectivity index (χ3v) is 2.01. The van der Waals surface area contributed by atoms with Gasteiger partial charge in [-0.15, -0.1) is 0 Å². The minimum Gasteiger partial charge on any atom is -0.308 e. The summed E-state index contributed by atoms with van der Waals surface area (Å²) in [7, 11) is 0. The molecule has 0 saturated heterocycles. The first-order chi connectivity index (χ1) is 6.90. The Kier molecular flexibility index (Phi) is 2.42. The second-order valence-corrected chi connectivity index (χ2v) is 2.94. The van der Waals surface area contributed by atoms with Gasteiger partial charge in [0.25, 0.3) is 0 Å². The van der Waals surface area contributed by atoms with Crippen LogP contribution in [0.5, 0.6) is 0 Å². The molecule has 0 saturated carbocycles. The van der Waals surface area contributed by atoms with E-state index in [1.54, 1.807) is 6.20 Å². The zero-order valence-corrected chi connectivity index (χ0v) is 7.64. The normalized spacial score (nSPS) is 9.79. The maximum absolute atomic E-state index is 5.28. The van der Waals surface area contributed by atoms with Gasteiger partial charge in [0.1, 0.15) is 5.82 Å². The van der Waals surface area contributed by atoms with E-state index in [0.717, 1.165) is 11.1 Å². The Labute approximate surface area is 82.6 Å². The lowest BCUT2D eigenvalue weighted by molar-refractivity contribution is 1.23. The molecule has 3 heteroatoms. The Morgan fingerprint density at radius 1 is 1.00 bits per heavy atom. The maximum Gasteiger partial charge on any atom is 0.140 e. The first-order valence-electron chi connectivity index (χ1n) is 4.38. The molecule has 0 atom stereocenters. The molecule has 0 aliphatic carbocycles. The van der Waals surface area contributed by atoms with E-state index in [4.69, 9.17) is 5.84 Å². The number of rotatable bonds is 2. The number of nitrogens with two attached hydrogens (primary N) is 1. The number of benzene rings is 1.